The van der Waals surface area contributed by atoms with Gasteiger partial charge in [0, 0.05) is 18.0 Å². The number of nitrogens with one attached hydrogen (secondary N) is 1. The first-order valence-electron chi connectivity index (χ1n) is 6.02. The Morgan fingerprint density at radius 3 is 2.48 bits per heavy atom. The van der Waals surface area contributed by atoms with Gasteiger partial charge in [0.1, 0.15) is 11.4 Å². The predicted molar refractivity (Wildman–Crippen MR) is 72.9 cm³/mol. The first kappa shape index (κ1) is 12.9. The molecule has 2 heterocycles. The van der Waals surface area contributed by atoms with E-state index in [1.165, 1.54) is 30.6 Å². The lowest BCUT2D eigenvalue weighted by Gasteiger charge is -2.06. The van der Waals surface area contributed by atoms with Crippen molar-refractivity contribution < 1.29 is 9.50 Å². The molecule has 3 rings (SSSR count). The lowest BCUT2D eigenvalue weighted by atomic mass is 10.1. The first-order chi connectivity index (χ1) is 10.2. The Morgan fingerprint density at radius 1 is 1.10 bits per heavy atom. The van der Waals surface area contributed by atoms with Gasteiger partial charge in [-0.1, -0.05) is 18.2 Å². The van der Waals surface area contributed by atoms with E-state index < -0.39 is 17.3 Å². The van der Waals surface area contributed by atoms with Gasteiger partial charge in [-0.3, -0.25) is 4.79 Å². The molecule has 7 heteroatoms. The number of aromatic nitrogens is 4. The Morgan fingerprint density at radius 2 is 1.81 bits per heavy atom. The molecule has 0 aliphatic carbocycles. The van der Waals surface area contributed by atoms with E-state index in [4.69, 9.17) is 0 Å². The zero-order valence-corrected chi connectivity index (χ0v) is 10.6. The maximum absolute atomic E-state index is 13.7. The summed E-state index contributed by atoms with van der Waals surface area (Å²) in [6.45, 7) is 0. The van der Waals surface area contributed by atoms with Crippen molar-refractivity contribution in [2.45, 2.75) is 0 Å². The molecule has 2 N–H and O–H groups in total. The molecule has 0 fully saturated rings. The topological polar surface area (TPSA) is 91.8 Å². The van der Waals surface area contributed by atoms with E-state index in [-0.39, 0.29) is 22.8 Å². The molecule has 0 saturated carbocycles. The van der Waals surface area contributed by atoms with Gasteiger partial charge in [-0.15, -0.1) is 0 Å². The lowest BCUT2D eigenvalue weighted by molar-refractivity contribution is 0.453. The molecule has 104 valence electrons. The maximum atomic E-state index is 13.7. The third kappa shape index (κ3) is 2.36. The summed E-state index contributed by atoms with van der Waals surface area (Å²) >= 11 is 0. The van der Waals surface area contributed by atoms with Crippen molar-refractivity contribution in [2.24, 2.45) is 0 Å². The smallest absolute Gasteiger partial charge is 0.263 e. The minimum Gasteiger partial charge on any atom is -0.493 e. The number of rotatable bonds is 2. The van der Waals surface area contributed by atoms with E-state index >= 15 is 0 Å². The molecule has 2 aromatic heterocycles. The highest BCUT2D eigenvalue weighted by Gasteiger charge is 2.17. The zero-order valence-electron chi connectivity index (χ0n) is 10.6. The van der Waals surface area contributed by atoms with Gasteiger partial charge in [0.05, 0.1) is 0 Å². The fourth-order valence-electron chi connectivity index (χ4n) is 1.90. The van der Waals surface area contributed by atoms with Crippen molar-refractivity contribution in [1.29, 1.82) is 0 Å². The highest BCUT2D eigenvalue weighted by atomic mass is 19.1. The van der Waals surface area contributed by atoms with E-state index in [9.17, 15) is 14.3 Å². The van der Waals surface area contributed by atoms with Gasteiger partial charge in [0.25, 0.3) is 5.56 Å². The zero-order chi connectivity index (χ0) is 14.8. The standard InChI is InChI=1S/C14H9FN4O2/c15-9-5-2-1-4-8(9)10-13(20)18-12(19-14(10)21)11-16-6-3-7-17-11/h1-7H,(H2,18,19,20,21). The second kappa shape index (κ2) is 5.12. The van der Waals surface area contributed by atoms with Gasteiger partial charge in [-0.05, 0) is 12.1 Å². The summed E-state index contributed by atoms with van der Waals surface area (Å²) in [7, 11) is 0. The molecule has 0 aliphatic rings. The van der Waals surface area contributed by atoms with Crippen LogP contribution in [0, 0.1) is 5.82 Å². The van der Waals surface area contributed by atoms with Gasteiger partial charge in [0.2, 0.25) is 5.88 Å². The van der Waals surface area contributed by atoms with Crippen molar-refractivity contribution in [1.82, 2.24) is 19.9 Å². The van der Waals surface area contributed by atoms with E-state index in [0.29, 0.717) is 0 Å². The molecule has 1 aromatic carbocycles. The van der Waals surface area contributed by atoms with Crippen molar-refractivity contribution in [3.8, 4) is 28.7 Å². The Labute approximate surface area is 118 Å². The quantitative estimate of drug-likeness (QED) is 0.747. The lowest BCUT2D eigenvalue weighted by Crippen LogP contribution is -2.13. The van der Waals surface area contributed by atoms with Crippen LogP contribution in [0.1, 0.15) is 0 Å². The van der Waals surface area contributed by atoms with Gasteiger partial charge >= 0.3 is 0 Å². The average molecular weight is 284 g/mol. The Bertz CT molecular complexity index is 849. The van der Waals surface area contributed by atoms with E-state index in [2.05, 4.69) is 19.9 Å². The molecule has 6 nitrogen and oxygen atoms in total. The van der Waals surface area contributed by atoms with Gasteiger partial charge in [0.15, 0.2) is 11.6 Å². The molecule has 0 saturated heterocycles. The highest BCUT2D eigenvalue weighted by molar-refractivity contribution is 5.68. The van der Waals surface area contributed by atoms with Gasteiger partial charge < -0.3 is 10.1 Å². The van der Waals surface area contributed by atoms with Crippen LogP contribution in [0.2, 0.25) is 0 Å². The molecule has 0 spiro atoms. The van der Waals surface area contributed by atoms with Crippen LogP contribution in [0.3, 0.4) is 0 Å². The minimum atomic E-state index is -0.671. The van der Waals surface area contributed by atoms with Crippen LogP contribution >= 0.6 is 0 Å². The molecule has 0 aliphatic heterocycles. The summed E-state index contributed by atoms with van der Waals surface area (Å²) in [6, 6.07) is 7.24. The summed E-state index contributed by atoms with van der Waals surface area (Å²) in [5, 5.41) is 9.96. The van der Waals surface area contributed by atoms with Crippen LogP contribution in [-0.4, -0.2) is 25.0 Å². The van der Waals surface area contributed by atoms with E-state index in [1.54, 1.807) is 12.1 Å². The summed E-state index contributed by atoms with van der Waals surface area (Å²) in [5.74, 6) is -1.03. The number of benzene rings is 1. The summed E-state index contributed by atoms with van der Waals surface area (Å²) in [5.41, 5.74) is -0.924. The van der Waals surface area contributed by atoms with E-state index in [1.807, 2.05) is 0 Å². The average Bonchev–Trinajstić information content (AvgIpc) is 2.49. The second-order valence-corrected chi connectivity index (χ2v) is 4.17. The molecule has 21 heavy (non-hydrogen) atoms. The van der Waals surface area contributed by atoms with Crippen LogP contribution in [0.5, 0.6) is 5.88 Å². The molecular formula is C14H9FN4O2. The number of H-pyrrole nitrogens is 1. The first-order valence-corrected chi connectivity index (χ1v) is 6.02. The van der Waals surface area contributed by atoms with Crippen molar-refractivity contribution in [3.05, 3.63) is 58.9 Å². The van der Waals surface area contributed by atoms with Crippen LogP contribution in [0.25, 0.3) is 22.8 Å². The van der Waals surface area contributed by atoms with Crippen LogP contribution in [0.4, 0.5) is 4.39 Å². The minimum absolute atomic E-state index is 0.0122. The number of hydrogen-bond acceptors (Lipinski definition) is 5. The number of hydrogen-bond donors (Lipinski definition) is 2. The van der Waals surface area contributed by atoms with Crippen molar-refractivity contribution >= 4 is 0 Å². The monoisotopic (exact) mass is 284 g/mol. The molecule has 0 atom stereocenters. The number of aromatic amines is 1. The van der Waals surface area contributed by atoms with Crippen molar-refractivity contribution in [2.75, 3.05) is 0 Å². The number of halogens is 1. The molecule has 3 aromatic rings. The number of nitrogens with zero attached hydrogens (tertiary/aromatic N) is 3. The third-order valence-electron chi connectivity index (χ3n) is 2.82. The second-order valence-electron chi connectivity index (χ2n) is 4.17. The van der Waals surface area contributed by atoms with Crippen LogP contribution in [0.15, 0.2) is 47.5 Å². The van der Waals surface area contributed by atoms with Crippen LogP contribution < -0.4 is 5.56 Å². The third-order valence-corrected chi connectivity index (χ3v) is 2.82. The summed E-state index contributed by atoms with van der Waals surface area (Å²) < 4.78 is 13.7. The fraction of sp³-hybridized carbons (Fsp3) is 0. The number of aromatic hydroxyl groups is 1. The Balaban J connectivity index is 2.19. The highest BCUT2D eigenvalue weighted by Crippen LogP contribution is 2.26. The van der Waals surface area contributed by atoms with Gasteiger partial charge in [-0.2, -0.15) is 4.98 Å². The Kier molecular flexibility index (Phi) is 3.15. The normalized spacial score (nSPS) is 10.5. The Hall–Kier alpha value is -3.09. The predicted octanol–water partition coefficient (Wildman–Crippen LogP) is 1.74. The van der Waals surface area contributed by atoms with Crippen LogP contribution in [-0.2, 0) is 0 Å². The molecule has 0 bridgehead atoms. The fourth-order valence-corrected chi connectivity index (χ4v) is 1.90. The molecule has 0 unspecified atom stereocenters. The van der Waals surface area contributed by atoms with Gasteiger partial charge in [-0.25, -0.2) is 14.4 Å². The maximum Gasteiger partial charge on any atom is 0.263 e. The SMILES string of the molecule is O=c1[nH]c(-c2ncccn2)nc(O)c1-c1ccccc1F. The largest absolute Gasteiger partial charge is 0.493 e. The molecule has 0 radical (unpaired) electrons. The molecule has 0 amide bonds. The van der Waals surface area contributed by atoms with Crippen molar-refractivity contribution in [3.63, 3.8) is 0 Å². The summed E-state index contributed by atoms with van der Waals surface area (Å²) in [4.78, 5) is 26.2. The van der Waals surface area contributed by atoms with E-state index in [0.717, 1.165) is 0 Å². The molecular weight excluding hydrogens is 275 g/mol. The summed E-state index contributed by atoms with van der Waals surface area (Å²) in [6.07, 6.45) is 2.95.